The van der Waals surface area contributed by atoms with Gasteiger partial charge in [-0.3, -0.25) is 9.13 Å². The van der Waals surface area contributed by atoms with Gasteiger partial charge in [0.05, 0.1) is 0 Å². The fraction of sp³-hybridized carbons (Fsp3) is 1.00. The summed E-state index contributed by atoms with van der Waals surface area (Å²) >= 11 is 0. The second-order valence-corrected chi connectivity index (χ2v) is 8.43. The Balaban J connectivity index is 5.08. The Labute approximate surface area is 88.3 Å². The molecule has 92 valence electrons. The molecule has 0 aliphatic carbocycles. The van der Waals surface area contributed by atoms with Crippen molar-refractivity contribution < 1.29 is 28.9 Å². The summed E-state index contributed by atoms with van der Waals surface area (Å²) in [6.07, 6.45) is -0.464. The molecule has 0 radical (unpaired) electrons. The highest BCUT2D eigenvalue weighted by molar-refractivity contribution is 7.74. The molecular formula is C6H17NO6P2. The van der Waals surface area contributed by atoms with Crippen LogP contribution >= 0.6 is 15.0 Å². The van der Waals surface area contributed by atoms with E-state index in [-0.39, 0.29) is 6.54 Å². The third kappa shape index (κ3) is 3.64. The van der Waals surface area contributed by atoms with Crippen molar-refractivity contribution in [3.63, 3.8) is 0 Å². The first-order valence-electron chi connectivity index (χ1n) is 4.15. The van der Waals surface area contributed by atoms with E-state index in [0.29, 0.717) is 0 Å². The normalized spacial score (nSPS) is 21.1. The monoisotopic (exact) mass is 261 g/mol. The van der Waals surface area contributed by atoms with E-state index in [2.05, 4.69) is 0 Å². The molecule has 0 aromatic rings. The zero-order valence-corrected chi connectivity index (χ0v) is 10.7. The molecule has 7 nitrogen and oxygen atoms in total. The maximum absolute atomic E-state index is 11.3. The Morgan fingerprint density at radius 2 is 1.60 bits per heavy atom. The lowest BCUT2D eigenvalue weighted by atomic mass is 10.4. The minimum absolute atomic E-state index is 0.0972. The largest absolute Gasteiger partial charge is 0.369 e. The van der Waals surface area contributed by atoms with Crippen LogP contribution in [0, 0.1) is 0 Å². The summed E-state index contributed by atoms with van der Waals surface area (Å²) in [7, 11) is -6.10. The van der Waals surface area contributed by atoms with Crippen LogP contribution in [0.1, 0.15) is 6.42 Å². The third-order valence-electron chi connectivity index (χ3n) is 2.03. The molecule has 0 bridgehead atoms. The summed E-state index contributed by atoms with van der Waals surface area (Å²) in [6, 6.07) is 0. The summed E-state index contributed by atoms with van der Waals surface area (Å²) in [5.41, 5.74) is 0. The fourth-order valence-electron chi connectivity index (χ4n) is 0.968. The van der Waals surface area contributed by atoms with E-state index >= 15 is 0 Å². The van der Waals surface area contributed by atoms with E-state index in [4.69, 9.17) is 9.79 Å². The molecule has 2 unspecified atom stereocenters. The highest BCUT2D eigenvalue weighted by atomic mass is 31.2. The van der Waals surface area contributed by atoms with Crippen LogP contribution < -0.4 is 0 Å². The minimum atomic E-state index is -5.05. The lowest BCUT2D eigenvalue weighted by Crippen LogP contribution is -2.32. The number of hydrogen-bond acceptors (Lipinski definition) is 4. The highest BCUT2D eigenvalue weighted by Gasteiger charge is 2.56. The molecule has 0 heterocycles. The summed E-state index contributed by atoms with van der Waals surface area (Å²) in [6.45, 7) is 0.835. The summed E-state index contributed by atoms with van der Waals surface area (Å²) in [4.78, 5) is 28.5. The Morgan fingerprint density at radius 1 is 1.20 bits per heavy atom. The molecule has 0 rings (SSSR count). The fourth-order valence-corrected chi connectivity index (χ4v) is 3.81. The van der Waals surface area contributed by atoms with Gasteiger partial charge in [-0.15, -0.1) is 0 Å². The molecule has 0 spiro atoms. The zero-order valence-electron chi connectivity index (χ0n) is 8.86. The number of nitrogens with zero attached hydrogens (tertiary/aromatic N) is 1. The third-order valence-corrected chi connectivity index (χ3v) is 6.63. The number of rotatable bonds is 5. The van der Waals surface area contributed by atoms with Crippen LogP contribution in [0.3, 0.4) is 0 Å². The molecule has 9 heteroatoms. The Kier molecular flexibility index (Phi) is 4.71. The molecule has 15 heavy (non-hydrogen) atoms. The van der Waals surface area contributed by atoms with E-state index in [1.54, 1.807) is 19.0 Å². The summed E-state index contributed by atoms with van der Waals surface area (Å²) < 4.78 is 22.3. The van der Waals surface area contributed by atoms with E-state index in [9.17, 15) is 19.1 Å². The molecule has 0 saturated carbocycles. The summed E-state index contributed by atoms with van der Waals surface area (Å²) in [5, 5.41) is 6.77. The van der Waals surface area contributed by atoms with Crippen molar-refractivity contribution in [3.05, 3.63) is 0 Å². The first kappa shape index (κ1) is 15.3. The van der Waals surface area contributed by atoms with Crippen molar-refractivity contribution in [3.8, 4) is 0 Å². The maximum Gasteiger partial charge on any atom is 0.366 e. The molecule has 0 aromatic heterocycles. The van der Waals surface area contributed by atoms with Crippen LogP contribution in [0.15, 0.2) is 0 Å². The van der Waals surface area contributed by atoms with Gasteiger partial charge in [0, 0.05) is 19.6 Å². The maximum atomic E-state index is 11.3. The van der Waals surface area contributed by atoms with Crippen molar-refractivity contribution in [2.45, 2.75) is 11.5 Å². The predicted molar refractivity (Wildman–Crippen MR) is 55.9 cm³/mol. The van der Waals surface area contributed by atoms with Gasteiger partial charge >= 0.3 is 7.60 Å². The van der Waals surface area contributed by atoms with Gasteiger partial charge in [0.15, 0.2) is 0 Å². The van der Waals surface area contributed by atoms with Crippen molar-refractivity contribution in [2.75, 3.05) is 27.3 Å². The van der Waals surface area contributed by atoms with E-state index in [1.165, 1.54) is 0 Å². The molecule has 0 aromatic carbocycles. The van der Waals surface area contributed by atoms with Gasteiger partial charge in [-0.2, -0.15) is 0 Å². The molecule has 0 saturated heterocycles. The van der Waals surface area contributed by atoms with Gasteiger partial charge in [0.2, 0.25) is 12.5 Å². The lowest BCUT2D eigenvalue weighted by molar-refractivity contribution is 0.132. The lowest BCUT2D eigenvalue weighted by Gasteiger charge is -2.31. The van der Waals surface area contributed by atoms with Gasteiger partial charge in [0.25, 0.3) is 0 Å². The van der Waals surface area contributed by atoms with Gasteiger partial charge in [-0.25, -0.2) is 0 Å². The molecule has 2 atom stereocenters. The first-order chi connectivity index (χ1) is 6.42. The van der Waals surface area contributed by atoms with Crippen molar-refractivity contribution in [2.24, 2.45) is 0 Å². The smallest absolute Gasteiger partial charge is 0.366 e. The summed E-state index contributed by atoms with van der Waals surface area (Å²) in [5.74, 6) is 0. The predicted octanol–water partition coefficient (Wildman–Crippen LogP) is -0.338. The minimum Gasteiger partial charge on any atom is -0.369 e. The Morgan fingerprint density at radius 3 is 1.80 bits per heavy atom. The molecule has 0 aliphatic heterocycles. The molecular weight excluding hydrogens is 244 g/mol. The second kappa shape index (κ2) is 4.63. The number of hydrogen-bond donors (Lipinski definition) is 4. The van der Waals surface area contributed by atoms with Gasteiger partial charge < -0.3 is 24.7 Å². The molecule has 4 N–H and O–H groups in total. The first-order valence-corrected chi connectivity index (χ1v) is 7.87. The molecule has 0 amide bonds. The molecule has 0 aliphatic rings. The van der Waals surface area contributed by atoms with Crippen LogP contribution in [0.4, 0.5) is 0 Å². The van der Waals surface area contributed by atoms with Crippen LogP contribution in [-0.4, -0.2) is 57.1 Å². The van der Waals surface area contributed by atoms with Gasteiger partial charge in [-0.1, -0.05) is 0 Å². The van der Waals surface area contributed by atoms with Crippen LogP contribution in [-0.2, 0) is 9.13 Å². The highest BCUT2D eigenvalue weighted by Crippen LogP contribution is 2.69. The van der Waals surface area contributed by atoms with Crippen molar-refractivity contribution >= 4 is 15.0 Å². The Hall–Kier alpha value is 0.260. The average molecular weight is 261 g/mol. The van der Waals surface area contributed by atoms with Gasteiger partial charge in [-0.05, 0) is 14.1 Å². The van der Waals surface area contributed by atoms with E-state index in [1.807, 2.05) is 0 Å². The standard InChI is InChI=1S/C6H17NO6P2/c1-7(2)5-4-6(8,14(3,9)10)15(11,12)13/h8H,4-5H2,1-3H3,(H,9,10)(H2,11,12,13). The zero-order chi connectivity index (χ0) is 12.5. The average Bonchev–Trinajstić information content (AvgIpc) is 1.95. The quantitative estimate of drug-likeness (QED) is 0.500. The van der Waals surface area contributed by atoms with E-state index in [0.717, 1.165) is 6.66 Å². The molecule has 0 fully saturated rings. The second-order valence-electron chi connectivity index (χ2n) is 3.75. The van der Waals surface area contributed by atoms with Crippen LogP contribution in [0.5, 0.6) is 0 Å². The van der Waals surface area contributed by atoms with Crippen LogP contribution in [0.25, 0.3) is 0 Å². The Bertz CT molecular complexity index is 283. The topological polar surface area (TPSA) is 118 Å². The SMILES string of the molecule is CN(C)CCC(O)(P(C)(=O)O)P(=O)(O)O. The van der Waals surface area contributed by atoms with E-state index < -0.39 is 26.5 Å². The van der Waals surface area contributed by atoms with Crippen molar-refractivity contribution in [1.29, 1.82) is 0 Å². The van der Waals surface area contributed by atoms with Gasteiger partial charge in [0.1, 0.15) is 0 Å². The van der Waals surface area contributed by atoms with Crippen LogP contribution in [0.2, 0.25) is 0 Å². The van der Waals surface area contributed by atoms with Crippen molar-refractivity contribution in [1.82, 2.24) is 4.90 Å². The number of aliphatic hydroxyl groups is 1.